The molecule has 0 saturated carbocycles. The van der Waals surface area contributed by atoms with Crippen molar-refractivity contribution < 1.29 is 0 Å². The molecule has 1 N–H and O–H groups in total. The number of aromatic nitrogens is 1. The normalized spacial score (nSPS) is 11.1. The van der Waals surface area contributed by atoms with Crippen molar-refractivity contribution in [1.29, 1.82) is 0 Å². The van der Waals surface area contributed by atoms with Gasteiger partial charge in [-0.1, -0.05) is 41.1 Å². The molecule has 0 amide bonds. The van der Waals surface area contributed by atoms with Gasteiger partial charge in [0.05, 0.1) is 10.7 Å². The lowest BCUT2D eigenvalue weighted by Crippen LogP contribution is -2.39. The smallest absolute Gasteiger partial charge is 0.193 e. The maximum Gasteiger partial charge on any atom is 0.193 e. The number of rotatable bonds is 6. The number of hydrogen-bond acceptors (Lipinski definition) is 3. The molecular weight excluding hydrogens is 499 g/mol. The molecule has 0 spiro atoms. The van der Waals surface area contributed by atoms with Crippen molar-refractivity contribution in [3.05, 3.63) is 50.4 Å². The van der Waals surface area contributed by atoms with Crippen molar-refractivity contribution >= 4 is 57.2 Å². The summed E-state index contributed by atoms with van der Waals surface area (Å²) < 4.78 is 1.12. The van der Waals surface area contributed by atoms with Crippen LogP contribution >= 0.6 is 51.2 Å². The minimum atomic E-state index is 0. The summed E-state index contributed by atoms with van der Waals surface area (Å²) in [5.74, 6) is 0.895. The number of hydrogen-bond donors (Lipinski definition) is 1. The lowest BCUT2D eigenvalue weighted by molar-refractivity contribution is 0.476. The van der Waals surface area contributed by atoms with Crippen LogP contribution in [0.4, 0.5) is 0 Å². The number of benzene rings is 1. The summed E-state index contributed by atoms with van der Waals surface area (Å²) in [6.45, 7) is 3.77. The molecule has 2 aromatic rings. The van der Waals surface area contributed by atoms with E-state index in [9.17, 15) is 0 Å². The van der Waals surface area contributed by atoms with Crippen LogP contribution in [0.3, 0.4) is 0 Å². The third kappa shape index (κ3) is 6.33. The van der Waals surface area contributed by atoms with E-state index in [1.165, 1.54) is 10.6 Å². The van der Waals surface area contributed by atoms with Gasteiger partial charge >= 0.3 is 0 Å². The van der Waals surface area contributed by atoms with Crippen molar-refractivity contribution in [2.45, 2.75) is 26.3 Å². The number of nitrogens with zero attached hydrogens (tertiary/aromatic N) is 3. The topological polar surface area (TPSA) is 40.5 Å². The molecule has 0 saturated heterocycles. The molecule has 0 radical (unpaired) electrons. The van der Waals surface area contributed by atoms with Gasteiger partial charge in [-0.3, -0.25) is 4.99 Å². The first-order valence-electron chi connectivity index (χ1n) is 7.72. The summed E-state index contributed by atoms with van der Waals surface area (Å²) in [6, 6.07) is 8.26. The lowest BCUT2D eigenvalue weighted by Gasteiger charge is -2.22. The molecule has 132 valence electrons. The van der Waals surface area contributed by atoms with Gasteiger partial charge in [0.1, 0.15) is 0 Å². The van der Waals surface area contributed by atoms with Gasteiger partial charge in [-0.05, 0) is 18.1 Å². The van der Waals surface area contributed by atoms with Crippen LogP contribution in [0.2, 0.25) is 0 Å². The molecule has 2 rings (SSSR count). The largest absolute Gasteiger partial charge is 0.356 e. The maximum atomic E-state index is 4.59. The van der Waals surface area contributed by atoms with Crippen LogP contribution in [0, 0.1) is 0 Å². The Morgan fingerprint density at radius 1 is 1.38 bits per heavy atom. The molecule has 4 nitrogen and oxygen atoms in total. The Labute approximate surface area is 173 Å². The third-order valence-corrected chi connectivity index (χ3v) is 5.32. The van der Waals surface area contributed by atoms with E-state index in [0.717, 1.165) is 42.1 Å². The molecule has 24 heavy (non-hydrogen) atoms. The number of thiazole rings is 1. The highest BCUT2D eigenvalue weighted by atomic mass is 127. The molecule has 0 aliphatic heterocycles. The monoisotopic (exact) mass is 522 g/mol. The lowest BCUT2D eigenvalue weighted by atomic mass is 10.2. The average molecular weight is 523 g/mol. The van der Waals surface area contributed by atoms with E-state index in [4.69, 9.17) is 0 Å². The highest BCUT2D eigenvalue weighted by molar-refractivity contribution is 14.0. The van der Waals surface area contributed by atoms with E-state index < -0.39 is 0 Å². The van der Waals surface area contributed by atoms with Gasteiger partial charge in [0.2, 0.25) is 0 Å². The number of aryl methyl sites for hydroxylation is 1. The second-order valence-corrected chi connectivity index (χ2v) is 7.05. The SMILES string of the molecule is CCc1nc(CCNC(=NC)N(C)Cc2ccccc2Br)cs1.I. The Bertz CT molecular complexity index is 660. The van der Waals surface area contributed by atoms with Crippen LogP contribution in [0.15, 0.2) is 39.1 Å². The number of halogens is 2. The van der Waals surface area contributed by atoms with Crippen LogP contribution in [0.25, 0.3) is 0 Å². The van der Waals surface area contributed by atoms with E-state index >= 15 is 0 Å². The van der Waals surface area contributed by atoms with Gasteiger partial charge in [0.25, 0.3) is 0 Å². The van der Waals surface area contributed by atoms with E-state index in [0.29, 0.717) is 0 Å². The fourth-order valence-corrected chi connectivity index (χ4v) is 3.46. The molecular formula is C17H24BrIN4S. The Morgan fingerprint density at radius 3 is 2.75 bits per heavy atom. The summed E-state index contributed by atoms with van der Waals surface area (Å²) >= 11 is 5.33. The predicted molar refractivity (Wildman–Crippen MR) is 118 cm³/mol. The first-order chi connectivity index (χ1) is 11.1. The van der Waals surface area contributed by atoms with Crippen LogP contribution in [0.5, 0.6) is 0 Å². The second kappa shape index (κ2) is 11.0. The molecule has 0 unspecified atom stereocenters. The summed E-state index contributed by atoms with van der Waals surface area (Å²) in [6.07, 6.45) is 1.92. The van der Waals surface area contributed by atoms with Gasteiger partial charge in [0.15, 0.2) is 5.96 Å². The van der Waals surface area contributed by atoms with E-state index in [1.807, 2.05) is 20.2 Å². The van der Waals surface area contributed by atoms with Crippen molar-refractivity contribution in [2.75, 3.05) is 20.6 Å². The minimum Gasteiger partial charge on any atom is -0.356 e. The molecule has 0 aliphatic rings. The predicted octanol–water partition coefficient (Wildman–Crippen LogP) is 4.34. The summed E-state index contributed by atoms with van der Waals surface area (Å²) in [5, 5.41) is 6.76. The summed E-state index contributed by atoms with van der Waals surface area (Å²) in [4.78, 5) is 11.1. The fourth-order valence-electron chi connectivity index (χ4n) is 2.27. The molecule has 7 heteroatoms. The first-order valence-corrected chi connectivity index (χ1v) is 9.39. The Balaban J connectivity index is 0.00000288. The average Bonchev–Trinajstić information content (AvgIpc) is 3.01. The zero-order valence-corrected chi connectivity index (χ0v) is 19.0. The van der Waals surface area contributed by atoms with Gasteiger partial charge in [-0.15, -0.1) is 35.3 Å². The van der Waals surface area contributed by atoms with E-state index in [2.05, 4.69) is 66.6 Å². The number of guanidine groups is 1. The Kier molecular flexibility index (Phi) is 9.84. The van der Waals surface area contributed by atoms with Gasteiger partial charge in [0, 0.05) is 43.5 Å². The van der Waals surface area contributed by atoms with Crippen molar-refractivity contribution in [3.63, 3.8) is 0 Å². The maximum absolute atomic E-state index is 4.59. The molecule has 0 fully saturated rings. The zero-order valence-electron chi connectivity index (χ0n) is 14.3. The Morgan fingerprint density at radius 2 is 2.12 bits per heavy atom. The number of nitrogens with one attached hydrogen (secondary N) is 1. The fraction of sp³-hybridized carbons (Fsp3) is 0.412. The van der Waals surface area contributed by atoms with E-state index in [-0.39, 0.29) is 24.0 Å². The highest BCUT2D eigenvalue weighted by Gasteiger charge is 2.08. The highest BCUT2D eigenvalue weighted by Crippen LogP contribution is 2.17. The van der Waals surface area contributed by atoms with Crippen molar-refractivity contribution in [2.24, 2.45) is 4.99 Å². The molecule has 0 aliphatic carbocycles. The van der Waals surface area contributed by atoms with Gasteiger partial charge < -0.3 is 10.2 Å². The van der Waals surface area contributed by atoms with Crippen LogP contribution in [-0.4, -0.2) is 36.5 Å². The molecule has 0 atom stereocenters. The first kappa shape index (κ1) is 21.4. The zero-order chi connectivity index (χ0) is 16.7. The van der Waals surface area contributed by atoms with Crippen molar-refractivity contribution in [1.82, 2.24) is 15.2 Å². The minimum absolute atomic E-state index is 0. The standard InChI is InChI=1S/C17H23BrN4S.HI/c1-4-16-21-14(12-23-16)9-10-20-17(19-2)22(3)11-13-7-5-6-8-15(13)18;/h5-8,12H,4,9-11H2,1-3H3,(H,19,20);1H. The summed E-state index contributed by atoms with van der Waals surface area (Å²) in [5.41, 5.74) is 2.40. The molecule has 1 heterocycles. The number of aliphatic imine (C=N–C) groups is 1. The van der Waals surface area contributed by atoms with Crippen LogP contribution < -0.4 is 5.32 Å². The Hall–Kier alpha value is -0.670. The quantitative estimate of drug-likeness (QED) is 0.348. The molecule has 0 bridgehead atoms. The third-order valence-electron chi connectivity index (χ3n) is 3.50. The van der Waals surface area contributed by atoms with Gasteiger partial charge in [-0.2, -0.15) is 0 Å². The van der Waals surface area contributed by atoms with Crippen LogP contribution in [-0.2, 0) is 19.4 Å². The summed E-state index contributed by atoms with van der Waals surface area (Å²) in [7, 11) is 3.86. The molecule has 1 aromatic heterocycles. The van der Waals surface area contributed by atoms with E-state index in [1.54, 1.807) is 11.3 Å². The second-order valence-electron chi connectivity index (χ2n) is 5.26. The van der Waals surface area contributed by atoms with Gasteiger partial charge in [-0.25, -0.2) is 4.98 Å². The molecule has 1 aromatic carbocycles. The van der Waals surface area contributed by atoms with Crippen molar-refractivity contribution in [3.8, 4) is 0 Å². The van der Waals surface area contributed by atoms with Crippen LogP contribution in [0.1, 0.15) is 23.2 Å².